The van der Waals surface area contributed by atoms with Gasteiger partial charge in [-0.05, 0) is 12.8 Å². The van der Waals surface area contributed by atoms with E-state index in [9.17, 15) is 45.6 Å². The van der Waals surface area contributed by atoms with Crippen LogP contribution in [-0.2, 0) is 23.7 Å². The molecule has 2 aliphatic rings. The first-order chi connectivity index (χ1) is 45.6. The van der Waals surface area contributed by atoms with Crippen molar-refractivity contribution >= 4 is 5.91 Å². The number of amides is 1. The number of unbranched alkanes of at least 4 members (excludes halogenated alkanes) is 57. The van der Waals surface area contributed by atoms with Crippen LogP contribution < -0.4 is 5.32 Å². The van der Waals surface area contributed by atoms with Crippen LogP contribution in [0.25, 0.3) is 0 Å². The van der Waals surface area contributed by atoms with Crippen LogP contribution in [0.5, 0.6) is 0 Å². The molecule has 0 aromatic rings. The number of carbonyl (C=O) groups excluding carboxylic acids is 1. The zero-order valence-electron chi connectivity index (χ0n) is 60.8. The Hall–Kier alpha value is -1.01. The fraction of sp³-hybridized carbons (Fsp3) is 0.987. The summed E-state index contributed by atoms with van der Waals surface area (Å²) in [5.74, 6) is -0.195. The second kappa shape index (κ2) is 64.4. The lowest BCUT2D eigenvalue weighted by Crippen LogP contribution is -2.65. The molecule has 1 amide bonds. The molecule has 9 N–H and O–H groups in total. The summed E-state index contributed by atoms with van der Waals surface area (Å²) in [6, 6.07) is -0.825. The van der Waals surface area contributed by atoms with E-state index in [1.807, 2.05) is 0 Å². The molecule has 2 rings (SSSR count). The van der Waals surface area contributed by atoms with Crippen LogP contribution in [0.3, 0.4) is 0 Å². The van der Waals surface area contributed by atoms with E-state index in [0.29, 0.717) is 12.8 Å². The van der Waals surface area contributed by atoms with E-state index in [1.165, 1.54) is 327 Å². The maximum atomic E-state index is 13.4. The van der Waals surface area contributed by atoms with Crippen LogP contribution in [0.4, 0.5) is 0 Å². The van der Waals surface area contributed by atoms with E-state index in [-0.39, 0.29) is 12.5 Å². The van der Waals surface area contributed by atoms with Crippen LogP contribution >= 0.6 is 0 Å². The van der Waals surface area contributed by atoms with E-state index in [0.717, 1.165) is 51.4 Å². The second-order valence-corrected chi connectivity index (χ2v) is 29.3. The minimum absolute atomic E-state index is 0.195. The van der Waals surface area contributed by atoms with Crippen molar-refractivity contribution < 1.29 is 64.6 Å². The van der Waals surface area contributed by atoms with Crippen molar-refractivity contribution in [2.75, 3.05) is 19.8 Å². The summed E-state index contributed by atoms with van der Waals surface area (Å²) in [5.41, 5.74) is 0. The predicted molar refractivity (Wildman–Crippen MR) is 383 cm³/mol. The number of ether oxygens (including phenoxy) is 4. The van der Waals surface area contributed by atoms with Gasteiger partial charge < -0.3 is 65.1 Å². The summed E-state index contributed by atoms with van der Waals surface area (Å²) in [4.78, 5) is 13.4. The quantitative estimate of drug-likeness (QED) is 0.0259. The average Bonchev–Trinajstić information content (AvgIpc) is 0.854. The van der Waals surface area contributed by atoms with Crippen molar-refractivity contribution in [3.63, 3.8) is 0 Å². The number of hydrogen-bond acceptors (Lipinski definition) is 13. The van der Waals surface area contributed by atoms with Crippen LogP contribution in [-0.4, -0.2) is 140 Å². The van der Waals surface area contributed by atoms with Crippen molar-refractivity contribution in [3.05, 3.63) is 0 Å². The molecule has 2 fully saturated rings. The zero-order valence-corrected chi connectivity index (χ0v) is 60.8. The zero-order chi connectivity index (χ0) is 67.3. The number of carbonyl (C=O) groups is 1. The molecular formula is C79H155NO13. The Morgan fingerprint density at radius 2 is 0.613 bits per heavy atom. The highest BCUT2D eigenvalue weighted by Gasteiger charge is 2.51. The highest BCUT2D eigenvalue weighted by Crippen LogP contribution is 2.31. The van der Waals surface area contributed by atoms with Crippen molar-refractivity contribution in [2.45, 2.75) is 479 Å². The summed E-state index contributed by atoms with van der Waals surface area (Å²) < 4.78 is 23.0. The van der Waals surface area contributed by atoms with Gasteiger partial charge in [-0.15, -0.1) is 0 Å². The Labute approximate surface area is 572 Å². The lowest BCUT2D eigenvalue weighted by atomic mass is 9.97. The highest BCUT2D eigenvalue weighted by atomic mass is 16.7. The lowest BCUT2D eigenvalue weighted by molar-refractivity contribution is -0.359. The molecule has 554 valence electrons. The average molecular weight is 1330 g/mol. The van der Waals surface area contributed by atoms with Gasteiger partial charge in [0.1, 0.15) is 48.8 Å². The van der Waals surface area contributed by atoms with Crippen molar-refractivity contribution in [1.82, 2.24) is 5.32 Å². The molecule has 0 aromatic carbocycles. The molecule has 0 aromatic heterocycles. The minimum Gasteiger partial charge on any atom is -0.394 e. The molecule has 0 spiro atoms. The van der Waals surface area contributed by atoms with Crippen molar-refractivity contribution in [2.24, 2.45) is 0 Å². The normalized spacial score (nSPS) is 22.4. The third kappa shape index (κ3) is 47.6. The number of aliphatic hydroxyl groups is 8. The maximum absolute atomic E-state index is 13.4. The fourth-order valence-corrected chi connectivity index (χ4v) is 14.1. The molecule has 0 bridgehead atoms. The maximum Gasteiger partial charge on any atom is 0.220 e. The second-order valence-electron chi connectivity index (χ2n) is 29.3. The summed E-state index contributed by atoms with van der Waals surface area (Å²) in [7, 11) is 0. The highest BCUT2D eigenvalue weighted by molar-refractivity contribution is 5.76. The predicted octanol–water partition coefficient (Wildman–Crippen LogP) is 18.3. The molecular weight excluding hydrogens is 1170 g/mol. The molecule has 12 atom stereocenters. The smallest absolute Gasteiger partial charge is 0.220 e. The first-order valence-corrected chi connectivity index (χ1v) is 40.8. The molecule has 2 saturated heterocycles. The van der Waals surface area contributed by atoms with Gasteiger partial charge in [0.15, 0.2) is 12.6 Å². The van der Waals surface area contributed by atoms with E-state index in [1.54, 1.807) is 0 Å². The van der Waals surface area contributed by atoms with Gasteiger partial charge >= 0.3 is 0 Å². The van der Waals surface area contributed by atoms with Gasteiger partial charge in [0.25, 0.3) is 0 Å². The third-order valence-electron chi connectivity index (χ3n) is 20.6. The van der Waals surface area contributed by atoms with Crippen LogP contribution in [0.15, 0.2) is 0 Å². The Morgan fingerprint density at radius 1 is 0.344 bits per heavy atom. The van der Waals surface area contributed by atoms with Gasteiger partial charge in [0, 0.05) is 6.42 Å². The third-order valence-corrected chi connectivity index (χ3v) is 20.6. The van der Waals surface area contributed by atoms with E-state index >= 15 is 0 Å². The SMILES string of the molecule is CCCCCCCCCCCCCCCCCCCCCCCCCCCCCCCCCCC(=O)NC(COC1OC(CO)C(OC2OC(CO)C(O)C(O)C2O)C(O)C1O)C(O)CCCCCCCCCCCCCCCCCCCCCCCCCCCCC. The summed E-state index contributed by atoms with van der Waals surface area (Å²) in [6.07, 6.45) is 63.0. The van der Waals surface area contributed by atoms with Crippen molar-refractivity contribution in [3.8, 4) is 0 Å². The van der Waals surface area contributed by atoms with Crippen LogP contribution in [0, 0.1) is 0 Å². The van der Waals surface area contributed by atoms with Crippen LogP contribution in [0.2, 0.25) is 0 Å². The molecule has 14 heteroatoms. The monoisotopic (exact) mass is 1330 g/mol. The number of hydrogen-bond donors (Lipinski definition) is 9. The molecule has 93 heavy (non-hydrogen) atoms. The van der Waals surface area contributed by atoms with Gasteiger partial charge in [-0.1, -0.05) is 386 Å². The molecule has 2 aliphatic heterocycles. The number of aliphatic hydroxyl groups excluding tert-OH is 8. The molecule has 0 radical (unpaired) electrons. The van der Waals surface area contributed by atoms with Gasteiger partial charge in [-0.3, -0.25) is 4.79 Å². The van der Waals surface area contributed by atoms with E-state index < -0.39 is 86.8 Å². The van der Waals surface area contributed by atoms with E-state index in [4.69, 9.17) is 18.9 Å². The Kier molecular flexibility index (Phi) is 61.0. The summed E-state index contributed by atoms with van der Waals surface area (Å²) >= 11 is 0. The number of rotatable bonds is 70. The Bertz CT molecular complexity index is 1560. The first kappa shape index (κ1) is 88.1. The number of nitrogens with one attached hydrogen (secondary N) is 1. The topological polar surface area (TPSA) is 228 Å². The van der Waals surface area contributed by atoms with Gasteiger partial charge in [-0.25, -0.2) is 0 Å². The minimum atomic E-state index is -1.78. The largest absolute Gasteiger partial charge is 0.394 e. The molecule has 0 saturated carbocycles. The lowest BCUT2D eigenvalue weighted by Gasteiger charge is -2.46. The van der Waals surface area contributed by atoms with E-state index in [2.05, 4.69) is 19.2 Å². The molecule has 2 heterocycles. The Morgan fingerprint density at radius 3 is 0.914 bits per heavy atom. The van der Waals surface area contributed by atoms with Gasteiger partial charge in [-0.2, -0.15) is 0 Å². The van der Waals surface area contributed by atoms with Crippen molar-refractivity contribution in [1.29, 1.82) is 0 Å². The molecule has 14 nitrogen and oxygen atoms in total. The Balaban J connectivity index is 1.59. The summed E-state index contributed by atoms with van der Waals surface area (Å²) in [5, 5.41) is 87.9. The molecule has 12 unspecified atom stereocenters. The van der Waals surface area contributed by atoms with Gasteiger partial charge in [0.2, 0.25) is 5.91 Å². The summed E-state index contributed by atoms with van der Waals surface area (Å²) in [6.45, 7) is 2.95. The van der Waals surface area contributed by atoms with Gasteiger partial charge in [0.05, 0.1) is 32.0 Å². The fourth-order valence-electron chi connectivity index (χ4n) is 14.1. The van der Waals surface area contributed by atoms with Crippen LogP contribution in [0.1, 0.15) is 406 Å². The standard InChI is InChI=1S/C79H155NO13/c1-3-5-7-9-11-13-15-17-19-21-23-25-27-29-31-32-33-34-35-37-39-41-43-45-47-49-51-53-55-57-59-61-63-71(84)80-67(66-90-78-76(89)74(87)77(70(65-82)92-78)93-79-75(88)73(86)72(85)69(64-81)91-79)68(83)62-60-58-56-54-52-50-48-46-44-42-40-38-36-30-28-26-24-22-20-18-16-14-12-10-8-6-4-2/h67-70,72-79,81-83,85-89H,3-66H2,1-2H3,(H,80,84). The molecule has 0 aliphatic carbocycles. The first-order valence-electron chi connectivity index (χ1n) is 40.8.